The molecular formula is C10H10Cl2N4S. The molecule has 7 heteroatoms. The highest BCUT2D eigenvalue weighted by Crippen LogP contribution is 2.28. The third-order valence-electron chi connectivity index (χ3n) is 2.20. The van der Waals surface area contributed by atoms with Crippen molar-refractivity contribution in [3.05, 3.63) is 32.8 Å². The molecule has 90 valence electrons. The molecule has 0 aromatic carbocycles. The van der Waals surface area contributed by atoms with Gasteiger partial charge in [0, 0.05) is 11.9 Å². The molecule has 4 nitrogen and oxygen atoms in total. The average molecular weight is 289 g/mol. The number of nitrogen functional groups attached to an aromatic ring is 1. The lowest BCUT2D eigenvalue weighted by Crippen LogP contribution is -2.18. The summed E-state index contributed by atoms with van der Waals surface area (Å²) in [6.07, 6.45) is 1.39. The van der Waals surface area contributed by atoms with Crippen molar-refractivity contribution in [1.82, 2.24) is 9.97 Å². The van der Waals surface area contributed by atoms with Gasteiger partial charge in [0.2, 0.25) is 0 Å². The van der Waals surface area contributed by atoms with Gasteiger partial charge in [-0.25, -0.2) is 9.97 Å². The summed E-state index contributed by atoms with van der Waals surface area (Å²) in [6, 6.07) is 3.84. The molecule has 2 aromatic rings. The van der Waals surface area contributed by atoms with Gasteiger partial charge in [-0.05, 0) is 12.1 Å². The number of aromatic nitrogens is 2. The second kappa shape index (κ2) is 5.08. The average Bonchev–Trinajstić information content (AvgIpc) is 2.68. The molecule has 0 unspecified atom stereocenters. The summed E-state index contributed by atoms with van der Waals surface area (Å²) in [5.74, 6) is 0.620. The van der Waals surface area contributed by atoms with Crippen molar-refractivity contribution in [2.75, 3.05) is 17.7 Å². The molecule has 0 aliphatic heterocycles. The van der Waals surface area contributed by atoms with Gasteiger partial charge in [0.25, 0.3) is 0 Å². The summed E-state index contributed by atoms with van der Waals surface area (Å²) in [7, 11) is 1.89. The molecule has 2 rings (SSSR count). The van der Waals surface area contributed by atoms with Gasteiger partial charge in [-0.3, -0.25) is 0 Å². The number of nitrogens with two attached hydrogens (primary N) is 1. The Kier molecular flexibility index (Phi) is 3.71. The van der Waals surface area contributed by atoms with Crippen LogP contribution in [0.5, 0.6) is 0 Å². The van der Waals surface area contributed by atoms with Gasteiger partial charge in [0.1, 0.15) is 12.0 Å². The molecule has 0 radical (unpaired) electrons. The van der Waals surface area contributed by atoms with Crippen molar-refractivity contribution < 1.29 is 0 Å². The number of hydrogen-bond acceptors (Lipinski definition) is 5. The van der Waals surface area contributed by atoms with E-state index in [-0.39, 0.29) is 5.15 Å². The van der Waals surface area contributed by atoms with Gasteiger partial charge < -0.3 is 10.6 Å². The summed E-state index contributed by atoms with van der Waals surface area (Å²) >= 11 is 13.2. The first-order valence-electron chi connectivity index (χ1n) is 4.79. The Morgan fingerprint density at radius 1 is 1.35 bits per heavy atom. The van der Waals surface area contributed by atoms with E-state index in [1.807, 2.05) is 24.1 Å². The largest absolute Gasteiger partial charge is 0.393 e. The van der Waals surface area contributed by atoms with Crippen LogP contribution in [0, 0.1) is 0 Å². The number of rotatable bonds is 3. The van der Waals surface area contributed by atoms with Crippen molar-refractivity contribution in [3.8, 4) is 0 Å². The zero-order chi connectivity index (χ0) is 12.4. The SMILES string of the molecule is CN(Cc1ccc(Cl)s1)c1ncnc(Cl)c1N. The summed E-state index contributed by atoms with van der Waals surface area (Å²) < 4.78 is 0.766. The maximum absolute atomic E-state index is 5.87. The van der Waals surface area contributed by atoms with Crippen LogP contribution in [-0.4, -0.2) is 17.0 Å². The molecule has 0 spiro atoms. The van der Waals surface area contributed by atoms with Crippen LogP contribution in [0.3, 0.4) is 0 Å². The minimum absolute atomic E-state index is 0.270. The Morgan fingerprint density at radius 3 is 2.76 bits per heavy atom. The van der Waals surface area contributed by atoms with E-state index < -0.39 is 0 Å². The first-order chi connectivity index (χ1) is 8.08. The summed E-state index contributed by atoms with van der Waals surface area (Å²) in [5.41, 5.74) is 6.21. The normalized spacial score (nSPS) is 10.5. The zero-order valence-electron chi connectivity index (χ0n) is 9.02. The van der Waals surface area contributed by atoms with E-state index in [0.717, 1.165) is 9.21 Å². The van der Waals surface area contributed by atoms with Crippen LogP contribution >= 0.6 is 34.5 Å². The second-order valence-corrected chi connectivity index (χ2v) is 5.62. The minimum Gasteiger partial charge on any atom is -0.393 e. The number of nitrogens with zero attached hydrogens (tertiary/aromatic N) is 3. The molecule has 0 aliphatic carbocycles. The Bertz CT molecular complexity index is 529. The van der Waals surface area contributed by atoms with E-state index in [1.165, 1.54) is 17.7 Å². The highest BCUT2D eigenvalue weighted by Gasteiger charge is 2.11. The zero-order valence-corrected chi connectivity index (χ0v) is 11.4. The number of thiophene rings is 1. The topological polar surface area (TPSA) is 55.0 Å². The van der Waals surface area contributed by atoms with Crippen LogP contribution < -0.4 is 10.6 Å². The minimum atomic E-state index is 0.270. The van der Waals surface area contributed by atoms with E-state index >= 15 is 0 Å². The lowest BCUT2D eigenvalue weighted by Gasteiger charge is -2.18. The summed E-state index contributed by atoms with van der Waals surface area (Å²) in [6.45, 7) is 0.676. The molecule has 2 N–H and O–H groups in total. The summed E-state index contributed by atoms with van der Waals surface area (Å²) in [4.78, 5) is 11.0. The molecule has 0 atom stereocenters. The van der Waals surface area contributed by atoms with Crippen LogP contribution in [0.4, 0.5) is 11.5 Å². The fourth-order valence-corrected chi connectivity index (χ4v) is 2.68. The van der Waals surface area contributed by atoms with Crippen LogP contribution in [0.15, 0.2) is 18.5 Å². The van der Waals surface area contributed by atoms with Gasteiger partial charge in [0.05, 0.1) is 10.9 Å². The molecule has 17 heavy (non-hydrogen) atoms. The molecule has 0 fully saturated rings. The van der Waals surface area contributed by atoms with Crippen molar-refractivity contribution >= 4 is 46.0 Å². The van der Waals surface area contributed by atoms with Gasteiger partial charge in [-0.1, -0.05) is 23.2 Å². The van der Waals surface area contributed by atoms with E-state index in [0.29, 0.717) is 18.1 Å². The van der Waals surface area contributed by atoms with Crippen LogP contribution in [-0.2, 0) is 6.54 Å². The van der Waals surface area contributed by atoms with Gasteiger partial charge in [-0.2, -0.15) is 0 Å². The molecular weight excluding hydrogens is 279 g/mol. The Labute approximate surface area is 113 Å². The van der Waals surface area contributed by atoms with Crippen molar-refractivity contribution in [3.63, 3.8) is 0 Å². The smallest absolute Gasteiger partial charge is 0.157 e. The predicted octanol–water partition coefficient (Wildman–Crippen LogP) is 3.06. The third kappa shape index (κ3) is 2.80. The number of anilines is 2. The van der Waals surface area contributed by atoms with Crippen LogP contribution in [0.25, 0.3) is 0 Å². The van der Waals surface area contributed by atoms with Crippen LogP contribution in [0.2, 0.25) is 9.49 Å². The maximum atomic E-state index is 5.87. The highest BCUT2D eigenvalue weighted by molar-refractivity contribution is 7.16. The van der Waals surface area contributed by atoms with E-state index in [1.54, 1.807) is 0 Å². The van der Waals surface area contributed by atoms with Gasteiger partial charge >= 0.3 is 0 Å². The monoisotopic (exact) mass is 288 g/mol. The lowest BCUT2D eigenvalue weighted by atomic mass is 10.4. The molecule has 0 saturated heterocycles. The fraction of sp³-hybridized carbons (Fsp3) is 0.200. The third-order valence-corrected chi connectivity index (χ3v) is 3.71. The first-order valence-corrected chi connectivity index (χ1v) is 6.36. The van der Waals surface area contributed by atoms with Crippen molar-refractivity contribution in [2.24, 2.45) is 0 Å². The molecule has 0 amide bonds. The molecule has 2 heterocycles. The Balaban J connectivity index is 2.20. The maximum Gasteiger partial charge on any atom is 0.157 e. The van der Waals surface area contributed by atoms with E-state index in [9.17, 15) is 0 Å². The first kappa shape index (κ1) is 12.4. The Morgan fingerprint density at radius 2 is 2.12 bits per heavy atom. The highest BCUT2D eigenvalue weighted by atomic mass is 35.5. The number of hydrogen-bond donors (Lipinski definition) is 1. The van der Waals surface area contributed by atoms with Crippen LogP contribution in [0.1, 0.15) is 4.88 Å². The predicted molar refractivity (Wildman–Crippen MR) is 72.9 cm³/mol. The van der Waals surface area contributed by atoms with E-state index in [4.69, 9.17) is 28.9 Å². The molecule has 2 aromatic heterocycles. The summed E-state index contributed by atoms with van der Waals surface area (Å²) in [5, 5.41) is 0.270. The standard InChI is InChI=1S/C10H10Cl2N4S/c1-16(4-6-2-3-7(11)17-6)10-8(13)9(12)14-5-15-10/h2-3,5H,4,13H2,1H3. The van der Waals surface area contributed by atoms with Crippen molar-refractivity contribution in [2.45, 2.75) is 6.54 Å². The fourth-order valence-electron chi connectivity index (χ4n) is 1.42. The molecule has 0 bridgehead atoms. The molecule has 0 aliphatic rings. The quantitative estimate of drug-likeness (QED) is 0.882. The Hall–Kier alpha value is -1.04. The van der Waals surface area contributed by atoms with Gasteiger partial charge in [0.15, 0.2) is 11.0 Å². The van der Waals surface area contributed by atoms with Crippen molar-refractivity contribution in [1.29, 1.82) is 0 Å². The van der Waals surface area contributed by atoms with Gasteiger partial charge in [-0.15, -0.1) is 11.3 Å². The molecule has 0 saturated carbocycles. The second-order valence-electron chi connectivity index (χ2n) is 3.46. The van der Waals surface area contributed by atoms with E-state index in [2.05, 4.69) is 9.97 Å². The number of halogens is 2. The lowest BCUT2D eigenvalue weighted by molar-refractivity contribution is 0.907.